The van der Waals surface area contributed by atoms with Crippen molar-refractivity contribution >= 4 is 38.9 Å². The van der Waals surface area contributed by atoms with Crippen LogP contribution in [0.4, 0.5) is 10.6 Å². The van der Waals surface area contributed by atoms with Gasteiger partial charge in [0.15, 0.2) is 5.65 Å². The first-order valence-corrected chi connectivity index (χ1v) is 11.5. The number of anilines is 1. The monoisotopic (exact) mass is 511 g/mol. The zero-order valence-corrected chi connectivity index (χ0v) is 20.9. The lowest BCUT2D eigenvalue weighted by molar-refractivity contribution is 0.0130. The molecule has 172 valence electrons. The van der Waals surface area contributed by atoms with Crippen molar-refractivity contribution in [2.24, 2.45) is 0 Å². The summed E-state index contributed by atoms with van der Waals surface area (Å²) in [5, 5.41) is 10.1. The summed E-state index contributed by atoms with van der Waals surface area (Å²) in [5.41, 5.74) is 0.664. The molecule has 1 aliphatic rings. The molecule has 0 saturated carbocycles. The van der Waals surface area contributed by atoms with Crippen LogP contribution in [-0.2, 0) is 4.74 Å². The Kier molecular flexibility index (Phi) is 6.01. The molecule has 0 N–H and O–H groups in total. The highest BCUT2D eigenvalue weighted by Crippen LogP contribution is 2.35. The maximum atomic E-state index is 12.7. The average Bonchev–Trinajstić information content (AvgIpc) is 3.11. The van der Waals surface area contributed by atoms with Gasteiger partial charge in [-0.15, -0.1) is 0 Å². The quantitative estimate of drug-likeness (QED) is 0.505. The van der Waals surface area contributed by atoms with Crippen molar-refractivity contribution in [3.8, 4) is 11.9 Å². The van der Waals surface area contributed by atoms with E-state index in [1.54, 1.807) is 23.2 Å². The van der Waals surface area contributed by atoms with E-state index in [1.165, 1.54) is 6.33 Å². The Morgan fingerprint density at radius 3 is 2.67 bits per heavy atom. The van der Waals surface area contributed by atoms with Crippen LogP contribution in [0.15, 0.2) is 35.3 Å². The number of nitrogens with zero attached hydrogens (tertiary/aromatic N) is 7. The van der Waals surface area contributed by atoms with Crippen molar-refractivity contribution in [2.75, 3.05) is 18.0 Å². The molecule has 10 heteroatoms. The van der Waals surface area contributed by atoms with E-state index in [0.717, 1.165) is 15.7 Å². The first-order valence-electron chi connectivity index (χ1n) is 10.7. The van der Waals surface area contributed by atoms with Crippen LogP contribution in [0.25, 0.3) is 16.9 Å². The molecule has 1 aliphatic heterocycles. The number of hydrogen-bond acceptors (Lipinski definition) is 7. The standard InChI is InChI=1S/C23H26BrN7O2/c1-14-11-30(22(32)33-23(3,4)5)15(2)10-29(14)20-19-17(24)12-31(21(19)28-13-27-20)18-8-16(9-25)6-7-26-18/h6-8,12-15H,10-11H2,1-5H3/t14-,15+/m0/s1. The van der Waals surface area contributed by atoms with Crippen molar-refractivity contribution in [1.29, 1.82) is 5.26 Å². The summed E-state index contributed by atoms with van der Waals surface area (Å²) < 4.78 is 8.27. The van der Waals surface area contributed by atoms with Gasteiger partial charge in [-0.3, -0.25) is 4.57 Å². The highest BCUT2D eigenvalue weighted by Gasteiger charge is 2.36. The minimum absolute atomic E-state index is 0.0158. The van der Waals surface area contributed by atoms with Gasteiger partial charge in [-0.1, -0.05) is 0 Å². The Morgan fingerprint density at radius 1 is 1.21 bits per heavy atom. The number of pyridine rings is 1. The molecule has 33 heavy (non-hydrogen) atoms. The third-order valence-corrected chi connectivity index (χ3v) is 6.13. The van der Waals surface area contributed by atoms with E-state index in [-0.39, 0.29) is 18.2 Å². The predicted octanol–water partition coefficient (Wildman–Crippen LogP) is 4.28. The van der Waals surface area contributed by atoms with E-state index in [1.807, 2.05) is 38.5 Å². The van der Waals surface area contributed by atoms with Gasteiger partial charge < -0.3 is 14.5 Å². The van der Waals surface area contributed by atoms with Crippen LogP contribution >= 0.6 is 15.9 Å². The van der Waals surface area contributed by atoms with Crippen molar-refractivity contribution in [3.63, 3.8) is 0 Å². The molecule has 2 atom stereocenters. The van der Waals surface area contributed by atoms with Gasteiger partial charge in [0.2, 0.25) is 0 Å². The number of carbonyl (C=O) groups excluding carboxylic acids is 1. The summed E-state index contributed by atoms with van der Waals surface area (Å²) in [5.74, 6) is 1.39. The second-order valence-electron chi connectivity index (χ2n) is 9.24. The fraction of sp³-hybridized carbons (Fsp3) is 0.435. The molecular weight excluding hydrogens is 486 g/mol. The second-order valence-corrected chi connectivity index (χ2v) is 10.1. The van der Waals surface area contributed by atoms with Crippen LogP contribution in [0.1, 0.15) is 40.2 Å². The molecule has 0 unspecified atom stereocenters. The summed E-state index contributed by atoms with van der Waals surface area (Å²) in [6.45, 7) is 10.8. The van der Waals surface area contributed by atoms with Crippen molar-refractivity contribution in [3.05, 3.63) is 40.9 Å². The molecule has 1 amide bonds. The molecule has 3 aromatic rings. The van der Waals surface area contributed by atoms with Crippen LogP contribution in [-0.4, -0.2) is 61.3 Å². The van der Waals surface area contributed by atoms with E-state index < -0.39 is 5.60 Å². The zero-order valence-electron chi connectivity index (χ0n) is 19.3. The Bertz CT molecular complexity index is 1240. The predicted molar refractivity (Wildman–Crippen MR) is 128 cm³/mol. The number of piperazine rings is 1. The zero-order chi connectivity index (χ0) is 23.9. The first-order chi connectivity index (χ1) is 15.6. The fourth-order valence-electron chi connectivity index (χ4n) is 4.01. The van der Waals surface area contributed by atoms with E-state index in [4.69, 9.17) is 4.74 Å². The van der Waals surface area contributed by atoms with Gasteiger partial charge in [-0.05, 0) is 62.7 Å². The molecule has 4 heterocycles. The number of aromatic nitrogens is 4. The third kappa shape index (κ3) is 4.50. The molecule has 1 saturated heterocycles. The summed E-state index contributed by atoms with van der Waals surface area (Å²) in [6, 6.07) is 5.49. The van der Waals surface area contributed by atoms with E-state index in [9.17, 15) is 10.1 Å². The van der Waals surface area contributed by atoms with E-state index in [2.05, 4.69) is 48.8 Å². The van der Waals surface area contributed by atoms with Gasteiger partial charge in [-0.2, -0.15) is 5.26 Å². The maximum Gasteiger partial charge on any atom is 0.410 e. The van der Waals surface area contributed by atoms with E-state index >= 15 is 0 Å². The second kappa shape index (κ2) is 8.63. The molecule has 4 rings (SSSR count). The smallest absolute Gasteiger partial charge is 0.410 e. The van der Waals surface area contributed by atoms with E-state index in [0.29, 0.717) is 30.1 Å². The molecule has 0 radical (unpaired) electrons. The summed E-state index contributed by atoms with van der Waals surface area (Å²) in [4.78, 5) is 30.2. The molecule has 0 aliphatic carbocycles. The van der Waals surface area contributed by atoms with Crippen LogP contribution in [0.2, 0.25) is 0 Å². The normalized spacial score (nSPS) is 18.9. The van der Waals surface area contributed by atoms with Gasteiger partial charge in [-0.25, -0.2) is 19.7 Å². The highest BCUT2D eigenvalue weighted by atomic mass is 79.9. The minimum Gasteiger partial charge on any atom is -0.444 e. The number of amides is 1. The summed E-state index contributed by atoms with van der Waals surface area (Å²) in [6.07, 6.45) is 4.73. The average molecular weight is 512 g/mol. The number of carbonyl (C=O) groups is 1. The third-order valence-electron chi connectivity index (χ3n) is 5.52. The number of ether oxygens (including phenoxy) is 1. The number of rotatable bonds is 2. The van der Waals surface area contributed by atoms with Crippen LogP contribution in [0, 0.1) is 11.3 Å². The molecular formula is C23H26BrN7O2. The molecule has 0 bridgehead atoms. The van der Waals surface area contributed by atoms with Crippen LogP contribution < -0.4 is 4.90 Å². The highest BCUT2D eigenvalue weighted by molar-refractivity contribution is 9.10. The lowest BCUT2D eigenvalue weighted by Crippen LogP contribution is -2.59. The molecule has 0 aromatic carbocycles. The SMILES string of the molecule is C[C@@H]1CN(c2ncnc3c2c(Br)cn3-c2cc(C#N)ccn2)[C@@H](C)CN1C(=O)OC(C)(C)C. The number of halogens is 1. The molecule has 1 fully saturated rings. The fourth-order valence-corrected chi connectivity index (χ4v) is 4.57. The molecule has 0 spiro atoms. The number of fused-ring (bicyclic) bond motifs is 1. The Balaban J connectivity index is 1.69. The number of nitriles is 1. The van der Waals surface area contributed by atoms with Gasteiger partial charge in [0, 0.05) is 42.0 Å². The van der Waals surface area contributed by atoms with Crippen LogP contribution in [0.5, 0.6) is 0 Å². The first kappa shape index (κ1) is 23.0. The summed E-state index contributed by atoms with van der Waals surface area (Å²) >= 11 is 3.67. The minimum atomic E-state index is -0.541. The van der Waals surface area contributed by atoms with Gasteiger partial charge in [0.1, 0.15) is 23.6 Å². The van der Waals surface area contributed by atoms with Gasteiger partial charge >= 0.3 is 6.09 Å². The van der Waals surface area contributed by atoms with Crippen LogP contribution in [0.3, 0.4) is 0 Å². The lowest BCUT2D eigenvalue weighted by Gasteiger charge is -2.44. The Hall–Kier alpha value is -3.19. The topological polar surface area (TPSA) is 100 Å². The Morgan fingerprint density at radius 2 is 1.97 bits per heavy atom. The van der Waals surface area contributed by atoms with Gasteiger partial charge in [0.05, 0.1) is 17.0 Å². The Labute approximate surface area is 201 Å². The largest absolute Gasteiger partial charge is 0.444 e. The van der Waals surface area contributed by atoms with Crippen molar-refractivity contribution < 1.29 is 9.53 Å². The summed E-state index contributed by atoms with van der Waals surface area (Å²) in [7, 11) is 0. The molecule has 3 aromatic heterocycles. The number of hydrogen-bond donors (Lipinski definition) is 0. The molecule has 9 nitrogen and oxygen atoms in total. The maximum absolute atomic E-state index is 12.7. The van der Waals surface area contributed by atoms with Crippen molar-refractivity contribution in [1.82, 2.24) is 24.4 Å². The van der Waals surface area contributed by atoms with Gasteiger partial charge in [0.25, 0.3) is 0 Å². The lowest BCUT2D eigenvalue weighted by atomic mass is 10.1. The van der Waals surface area contributed by atoms with Crippen molar-refractivity contribution in [2.45, 2.75) is 52.3 Å².